The number of nitrogens with zero attached hydrogens (tertiary/aromatic N) is 2. The zero-order valence-electron chi connectivity index (χ0n) is 22.6. The molecule has 3 amide bonds. The number of carbonyl (C=O) groups is 3. The normalized spacial score (nSPS) is 23.9. The van der Waals surface area contributed by atoms with Crippen molar-refractivity contribution in [2.24, 2.45) is 0 Å². The third-order valence-corrected chi connectivity index (χ3v) is 8.85. The van der Waals surface area contributed by atoms with E-state index in [9.17, 15) is 14.4 Å². The molecule has 3 aromatic rings. The summed E-state index contributed by atoms with van der Waals surface area (Å²) in [7, 11) is 0. The summed E-state index contributed by atoms with van der Waals surface area (Å²) in [6.45, 7) is 4.49. The number of benzene rings is 3. The highest BCUT2D eigenvalue weighted by molar-refractivity contribution is 9.10. The number of rotatable bonds is 6. The maximum absolute atomic E-state index is 13.1. The minimum atomic E-state index is -0.602. The Hall–Kier alpha value is -3.49. The van der Waals surface area contributed by atoms with Gasteiger partial charge in [-0.25, -0.2) is 9.69 Å². The predicted octanol–water partition coefficient (Wildman–Crippen LogP) is 6.62. The van der Waals surface area contributed by atoms with Gasteiger partial charge in [0, 0.05) is 23.1 Å². The van der Waals surface area contributed by atoms with Gasteiger partial charge in [-0.2, -0.15) is 0 Å². The van der Waals surface area contributed by atoms with E-state index in [1.165, 1.54) is 4.90 Å². The Kier molecular flexibility index (Phi) is 7.00. The lowest BCUT2D eigenvalue weighted by Gasteiger charge is -2.38. The van der Waals surface area contributed by atoms with Gasteiger partial charge in [-0.15, -0.1) is 0 Å². The second kappa shape index (κ2) is 10.5. The van der Waals surface area contributed by atoms with Crippen LogP contribution in [-0.2, 0) is 11.3 Å². The molecule has 8 heteroatoms. The summed E-state index contributed by atoms with van der Waals surface area (Å²) in [5.74, 6) is -0.587. The average molecular weight is 603 g/mol. The van der Waals surface area contributed by atoms with E-state index < -0.39 is 5.60 Å². The van der Waals surface area contributed by atoms with Crippen molar-refractivity contribution in [2.75, 3.05) is 4.90 Å². The van der Waals surface area contributed by atoms with Gasteiger partial charge in [0.05, 0.1) is 22.9 Å². The first-order valence-electron chi connectivity index (χ1n) is 13.8. The van der Waals surface area contributed by atoms with Gasteiger partial charge in [0.15, 0.2) is 0 Å². The molecule has 0 spiro atoms. The summed E-state index contributed by atoms with van der Waals surface area (Å²) >= 11 is 3.55. The van der Waals surface area contributed by atoms with Crippen LogP contribution in [-0.4, -0.2) is 40.5 Å². The lowest BCUT2D eigenvalue weighted by molar-refractivity contribution is 0.0662. The van der Waals surface area contributed by atoms with Crippen molar-refractivity contribution < 1.29 is 19.1 Å². The van der Waals surface area contributed by atoms with Gasteiger partial charge in [-0.1, -0.05) is 58.4 Å². The van der Waals surface area contributed by atoms with Gasteiger partial charge in [0.25, 0.3) is 11.8 Å². The maximum atomic E-state index is 13.1. The predicted molar refractivity (Wildman–Crippen MR) is 156 cm³/mol. The number of amides is 3. The molecule has 3 aromatic carbocycles. The van der Waals surface area contributed by atoms with Crippen molar-refractivity contribution in [2.45, 2.75) is 69.8 Å². The molecule has 1 saturated heterocycles. The summed E-state index contributed by atoms with van der Waals surface area (Å²) in [6.07, 6.45) is 3.32. The number of hydrogen-bond donors (Lipinski definition) is 1. The van der Waals surface area contributed by atoms with Crippen molar-refractivity contribution in [3.63, 3.8) is 0 Å². The average Bonchev–Trinajstić information content (AvgIpc) is 3.35. The molecule has 3 aliphatic rings. The molecule has 1 saturated carbocycles. The number of anilines is 1. The smallest absolute Gasteiger partial charge is 0.411 e. The van der Waals surface area contributed by atoms with Crippen LogP contribution in [0.3, 0.4) is 0 Å². The first-order valence-corrected chi connectivity index (χ1v) is 14.6. The lowest BCUT2D eigenvalue weighted by atomic mass is 9.86. The standard InChI is InChI=1S/C32H32BrN3O4/c1-32(2)28(20-8-4-3-5-9-20)35(31(39)40-32)24-15-13-23(14-16-24)34-19-21-18-22(33)12-17-27(21)36-29(37)25-10-6-7-11-26(25)30(36)38/h3-12,17-18,23-24,28,34H,13-16,19H2,1-2H3. The van der Waals surface area contributed by atoms with E-state index >= 15 is 0 Å². The number of nitrogens with one attached hydrogen (secondary N) is 1. The Morgan fingerprint density at radius 1 is 0.875 bits per heavy atom. The molecular formula is C32H32BrN3O4. The second-order valence-electron chi connectivity index (χ2n) is 11.3. The van der Waals surface area contributed by atoms with E-state index in [1.807, 2.05) is 55.1 Å². The number of halogens is 1. The Labute approximate surface area is 242 Å². The topological polar surface area (TPSA) is 79.0 Å². The summed E-state index contributed by atoms with van der Waals surface area (Å²) in [5, 5.41) is 3.66. The fraction of sp³-hybridized carbons (Fsp3) is 0.344. The molecule has 2 aliphatic heterocycles. The van der Waals surface area contributed by atoms with Crippen LogP contribution < -0.4 is 10.2 Å². The molecule has 1 atom stereocenters. The maximum Gasteiger partial charge on any atom is 0.411 e. The number of imide groups is 1. The quantitative estimate of drug-likeness (QED) is 0.321. The molecule has 1 aliphatic carbocycles. The van der Waals surface area contributed by atoms with E-state index in [1.54, 1.807) is 24.3 Å². The third-order valence-electron chi connectivity index (χ3n) is 8.36. The minimum absolute atomic E-state index is 0.109. The van der Waals surface area contributed by atoms with Gasteiger partial charge in [-0.05, 0) is 81.0 Å². The van der Waals surface area contributed by atoms with Crippen LogP contribution in [0.2, 0.25) is 0 Å². The molecule has 0 bridgehead atoms. The van der Waals surface area contributed by atoms with E-state index in [4.69, 9.17) is 4.74 Å². The monoisotopic (exact) mass is 601 g/mol. The molecule has 40 heavy (non-hydrogen) atoms. The van der Waals surface area contributed by atoms with Gasteiger partial charge < -0.3 is 10.1 Å². The molecule has 2 fully saturated rings. The zero-order valence-corrected chi connectivity index (χ0v) is 24.2. The third kappa shape index (κ3) is 4.73. The highest BCUT2D eigenvalue weighted by atomic mass is 79.9. The minimum Gasteiger partial charge on any atom is -0.441 e. The van der Waals surface area contributed by atoms with Gasteiger partial charge in [0.1, 0.15) is 5.60 Å². The Balaban J connectivity index is 1.14. The van der Waals surface area contributed by atoms with Gasteiger partial charge in [-0.3, -0.25) is 14.5 Å². The second-order valence-corrected chi connectivity index (χ2v) is 12.3. The Morgan fingerprint density at radius 3 is 2.15 bits per heavy atom. The number of carbonyl (C=O) groups excluding carboxylic acids is 3. The summed E-state index contributed by atoms with van der Waals surface area (Å²) < 4.78 is 6.72. The number of hydrogen-bond acceptors (Lipinski definition) is 5. The fourth-order valence-electron chi connectivity index (χ4n) is 6.47. The molecule has 6 rings (SSSR count). The van der Waals surface area contributed by atoms with E-state index in [0.717, 1.165) is 41.3 Å². The Bertz CT molecular complexity index is 1430. The summed E-state index contributed by atoms with van der Waals surface area (Å²) in [6, 6.07) is 23.0. The van der Waals surface area contributed by atoms with Crippen LogP contribution in [0.25, 0.3) is 0 Å². The largest absolute Gasteiger partial charge is 0.441 e. The van der Waals surface area contributed by atoms with Crippen molar-refractivity contribution in [3.05, 3.63) is 99.5 Å². The van der Waals surface area contributed by atoms with Crippen LogP contribution in [0.5, 0.6) is 0 Å². The lowest BCUT2D eigenvalue weighted by Crippen LogP contribution is -2.45. The molecule has 0 aromatic heterocycles. The van der Waals surface area contributed by atoms with Crippen LogP contribution in [0.4, 0.5) is 10.5 Å². The first kappa shape index (κ1) is 26.7. The highest BCUT2D eigenvalue weighted by Gasteiger charge is 2.51. The molecule has 1 N–H and O–H groups in total. The molecule has 7 nitrogen and oxygen atoms in total. The van der Waals surface area contributed by atoms with Crippen LogP contribution in [0.1, 0.15) is 77.4 Å². The van der Waals surface area contributed by atoms with Crippen molar-refractivity contribution in [1.82, 2.24) is 10.2 Å². The summed E-state index contributed by atoms with van der Waals surface area (Å²) in [5.41, 5.74) is 2.83. The molecule has 206 valence electrons. The molecular weight excluding hydrogens is 570 g/mol. The van der Waals surface area contributed by atoms with Gasteiger partial charge >= 0.3 is 6.09 Å². The van der Waals surface area contributed by atoms with E-state index in [0.29, 0.717) is 23.4 Å². The van der Waals surface area contributed by atoms with Crippen molar-refractivity contribution in [3.8, 4) is 0 Å². The molecule has 2 heterocycles. The highest BCUT2D eigenvalue weighted by Crippen LogP contribution is 2.44. The van der Waals surface area contributed by atoms with Crippen molar-refractivity contribution >= 4 is 39.5 Å². The van der Waals surface area contributed by atoms with Crippen molar-refractivity contribution in [1.29, 1.82) is 0 Å². The molecule has 1 unspecified atom stereocenters. The number of fused-ring (bicyclic) bond motifs is 1. The summed E-state index contributed by atoms with van der Waals surface area (Å²) in [4.78, 5) is 42.6. The SMILES string of the molecule is CC1(C)OC(=O)N(C2CCC(NCc3cc(Br)ccc3N3C(=O)c4ccccc4C3=O)CC2)C1c1ccccc1. The first-order chi connectivity index (χ1) is 19.2. The Morgan fingerprint density at radius 2 is 1.50 bits per heavy atom. The molecule has 0 radical (unpaired) electrons. The zero-order chi connectivity index (χ0) is 28.0. The van der Waals surface area contributed by atoms with E-state index in [-0.39, 0.29) is 36.0 Å². The van der Waals surface area contributed by atoms with Crippen LogP contribution in [0.15, 0.2) is 77.3 Å². The van der Waals surface area contributed by atoms with Crippen LogP contribution >= 0.6 is 15.9 Å². The van der Waals surface area contributed by atoms with Gasteiger partial charge in [0.2, 0.25) is 0 Å². The fourth-order valence-corrected chi connectivity index (χ4v) is 6.87. The number of ether oxygens (including phenoxy) is 1. The van der Waals surface area contributed by atoms with Crippen LogP contribution in [0, 0.1) is 0 Å². The van der Waals surface area contributed by atoms with E-state index in [2.05, 4.69) is 33.4 Å². The number of cyclic esters (lactones) is 1.